The van der Waals surface area contributed by atoms with Crippen LogP contribution in [0.15, 0.2) is 24.3 Å². The minimum absolute atomic E-state index is 0.139. The summed E-state index contributed by atoms with van der Waals surface area (Å²) in [6.45, 7) is 5.27. The van der Waals surface area contributed by atoms with Gasteiger partial charge in [-0.25, -0.2) is 0 Å². The van der Waals surface area contributed by atoms with E-state index in [1.165, 1.54) is 43.2 Å². The number of carbonyl (C=O) groups excluding carboxylic acids is 2. The van der Waals surface area contributed by atoms with Crippen LogP contribution in [-0.4, -0.2) is 53.8 Å². The van der Waals surface area contributed by atoms with Gasteiger partial charge < -0.3 is 15.5 Å². The van der Waals surface area contributed by atoms with Crippen LogP contribution in [0.5, 0.6) is 0 Å². The zero-order chi connectivity index (χ0) is 21.8. The molecule has 4 rings (SSSR count). The number of nitrogens with two attached hydrogens (primary N) is 1. The Labute approximate surface area is 187 Å². The maximum atomic E-state index is 12.7. The fourth-order valence-corrected chi connectivity index (χ4v) is 6.25. The first-order valence-corrected chi connectivity index (χ1v) is 12.4. The van der Waals surface area contributed by atoms with Crippen LogP contribution >= 0.6 is 0 Å². The van der Waals surface area contributed by atoms with Crippen molar-refractivity contribution in [2.24, 2.45) is 11.1 Å². The van der Waals surface area contributed by atoms with E-state index < -0.39 is 5.41 Å². The van der Waals surface area contributed by atoms with Gasteiger partial charge in [-0.15, -0.1) is 0 Å². The van der Waals surface area contributed by atoms with Gasteiger partial charge in [0, 0.05) is 32.0 Å². The summed E-state index contributed by atoms with van der Waals surface area (Å²) in [6, 6.07) is 9.26. The molecule has 1 aromatic rings. The van der Waals surface area contributed by atoms with Crippen molar-refractivity contribution in [2.75, 3.05) is 26.2 Å². The summed E-state index contributed by atoms with van der Waals surface area (Å²) >= 11 is 0. The normalized spacial score (nSPS) is 25.3. The third-order valence-corrected chi connectivity index (χ3v) is 8.26. The van der Waals surface area contributed by atoms with Gasteiger partial charge in [0.1, 0.15) is 0 Å². The second-order valence-electron chi connectivity index (χ2n) is 10.2. The van der Waals surface area contributed by atoms with Crippen LogP contribution in [0.1, 0.15) is 81.8 Å². The van der Waals surface area contributed by atoms with Crippen molar-refractivity contribution in [1.29, 1.82) is 0 Å². The molecule has 3 fully saturated rings. The number of primary amides is 1. The Balaban J connectivity index is 1.49. The van der Waals surface area contributed by atoms with E-state index in [1.54, 1.807) is 6.92 Å². The van der Waals surface area contributed by atoms with Gasteiger partial charge in [-0.3, -0.25) is 9.59 Å². The van der Waals surface area contributed by atoms with Gasteiger partial charge in [0.05, 0.1) is 5.41 Å². The summed E-state index contributed by atoms with van der Waals surface area (Å²) in [5.41, 5.74) is 8.17. The average molecular weight is 426 g/mol. The van der Waals surface area contributed by atoms with Crippen molar-refractivity contribution in [3.8, 4) is 0 Å². The van der Waals surface area contributed by atoms with Crippen LogP contribution < -0.4 is 5.73 Å². The van der Waals surface area contributed by atoms with Crippen LogP contribution in [0.25, 0.3) is 0 Å². The first-order valence-electron chi connectivity index (χ1n) is 12.4. The smallest absolute Gasteiger partial charge is 0.224 e. The Hall–Kier alpha value is -1.88. The number of benzene rings is 1. The van der Waals surface area contributed by atoms with Crippen molar-refractivity contribution < 1.29 is 9.59 Å². The van der Waals surface area contributed by atoms with Crippen molar-refractivity contribution >= 4 is 11.8 Å². The number of piperidine rings is 2. The molecular weight excluding hydrogens is 386 g/mol. The largest absolute Gasteiger partial charge is 0.369 e. The first-order chi connectivity index (χ1) is 15.0. The molecule has 0 bridgehead atoms. The average Bonchev–Trinajstić information content (AvgIpc) is 2.80. The minimum atomic E-state index is -0.448. The lowest BCUT2D eigenvalue weighted by atomic mass is 9.71. The van der Waals surface area contributed by atoms with Crippen LogP contribution in [0.2, 0.25) is 0 Å². The number of nitrogens with zero attached hydrogens (tertiary/aromatic N) is 2. The molecule has 1 unspecified atom stereocenters. The summed E-state index contributed by atoms with van der Waals surface area (Å²) in [6.07, 6.45) is 11.2. The summed E-state index contributed by atoms with van der Waals surface area (Å²) in [4.78, 5) is 29.3. The number of carbonyl (C=O) groups is 2. The maximum absolute atomic E-state index is 12.7. The lowest BCUT2D eigenvalue weighted by Crippen LogP contribution is -2.51. The number of likely N-dealkylation sites (tertiary alicyclic amines) is 2. The number of amides is 2. The molecule has 2 heterocycles. The van der Waals surface area contributed by atoms with E-state index in [-0.39, 0.29) is 11.8 Å². The van der Waals surface area contributed by atoms with Crippen LogP contribution in [0.3, 0.4) is 0 Å². The molecule has 2 saturated heterocycles. The zero-order valence-electron chi connectivity index (χ0n) is 19.2. The predicted molar refractivity (Wildman–Crippen MR) is 124 cm³/mol. The molecule has 2 N–H and O–H groups in total. The maximum Gasteiger partial charge on any atom is 0.224 e. The number of rotatable bonds is 5. The van der Waals surface area contributed by atoms with Gasteiger partial charge in [-0.2, -0.15) is 0 Å². The van der Waals surface area contributed by atoms with E-state index in [2.05, 4.69) is 29.2 Å². The molecule has 0 aromatic heterocycles. The third-order valence-electron chi connectivity index (χ3n) is 8.26. The van der Waals surface area contributed by atoms with Crippen LogP contribution in [0.4, 0.5) is 0 Å². The second kappa shape index (κ2) is 9.72. The molecular formula is C26H39N3O2. The quantitative estimate of drug-likeness (QED) is 0.779. The fourth-order valence-electron chi connectivity index (χ4n) is 6.25. The Morgan fingerprint density at radius 3 is 2.39 bits per heavy atom. The summed E-state index contributed by atoms with van der Waals surface area (Å²) in [5.74, 6) is 0.367. The van der Waals surface area contributed by atoms with Crippen molar-refractivity contribution in [1.82, 2.24) is 9.80 Å². The highest BCUT2D eigenvalue weighted by Crippen LogP contribution is 2.39. The molecule has 0 spiro atoms. The highest BCUT2D eigenvalue weighted by molar-refractivity contribution is 5.81. The van der Waals surface area contributed by atoms with E-state index in [0.717, 1.165) is 58.3 Å². The van der Waals surface area contributed by atoms with E-state index in [4.69, 9.17) is 5.73 Å². The topological polar surface area (TPSA) is 66.6 Å². The standard InChI is InChI=1S/C26H39N3O2/c1-20(30)29-15-7-9-22(19-29)24-12-6-5-8-21(24)18-26(25(27)31)13-16-28(17-14-26)23-10-3-2-4-11-23/h5-6,8,12,22-23H,2-4,7,9-11,13-19H2,1H3,(H2,27,31). The molecule has 5 nitrogen and oxygen atoms in total. The molecule has 1 atom stereocenters. The van der Waals surface area contributed by atoms with E-state index >= 15 is 0 Å². The van der Waals surface area contributed by atoms with Crippen LogP contribution in [-0.2, 0) is 16.0 Å². The van der Waals surface area contributed by atoms with Gasteiger partial charge in [0.2, 0.25) is 11.8 Å². The molecule has 1 aliphatic carbocycles. The summed E-state index contributed by atoms with van der Waals surface area (Å²) in [7, 11) is 0. The highest BCUT2D eigenvalue weighted by atomic mass is 16.2. The summed E-state index contributed by atoms with van der Waals surface area (Å²) < 4.78 is 0. The van der Waals surface area contributed by atoms with Crippen LogP contribution in [0, 0.1) is 5.41 Å². The number of hydrogen-bond donors (Lipinski definition) is 1. The van der Waals surface area contributed by atoms with E-state index in [0.29, 0.717) is 12.0 Å². The zero-order valence-corrected chi connectivity index (χ0v) is 19.2. The first kappa shape index (κ1) is 22.3. The van der Waals surface area contributed by atoms with Gasteiger partial charge in [0.15, 0.2) is 0 Å². The number of hydrogen-bond acceptors (Lipinski definition) is 3. The van der Waals surface area contributed by atoms with Crippen molar-refractivity contribution in [2.45, 2.75) is 83.1 Å². The van der Waals surface area contributed by atoms with E-state index in [9.17, 15) is 9.59 Å². The van der Waals surface area contributed by atoms with Gasteiger partial charge >= 0.3 is 0 Å². The Kier molecular flexibility index (Phi) is 7.00. The SMILES string of the molecule is CC(=O)N1CCCC(c2ccccc2CC2(C(N)=O)CCN(C3CCCCC3)CC2)C1. The second-order valence-corrected chi connectivity index (χ2v) is 10.2. The molecule has 2 amide bonds. The molecule has 5 heteroatoms. The van der Waals surface area contributed by atoms with Gasteiger partial charge in [0.25, 0.3) is 0 Å². The predicted octanol–water partition coefficient (Wildman–Crippen LogP) is 3.86. The fraction of sp³-hybridized carbons (Fsp3) is 0.692. The van der Waals surface area contributed by atoms with Gasteiger partial charge in [-0.05, 0) is 69.2 Å². The Morgan fingerprint density at radius 1 is 1.00 bits per heavy atom. The highest BCUT2D eigenvalue weighted by Gasteiger charge is 2.42. The summed E-state index contributed by atoms with van der Waals surface area (Å²) in [5, 5.41) is 0. The molecule has 1 aromatic carbocycles. The molecule has 1 saturated carbocycles. The minimum Gasteiger partial charge on any atom is -0.369 e. The lowest BCUT2D eigenvalue weighted by Gasteiger charge is -2.44. The van der Waals surface area contributed by atoms with Gasteiger partial charge in [-0.1, -0.05) is 43.5 Å². The molecule has 170 valence electrons. The molecule has 3 aliphatic rings. The Bertz CT molecular complexity index is 779. The third kappa shape index (κ3) is 4.97. The van der Waals surface area contributed by atoms with Crippen molar-refractivity contribution in [3.05, 3.63) is 35.4 Å². The Morgan fingerprint density at radius 2 is 1.71 bits per heavy atom. The monoisotopic (exact) mass is 425 g/mol. The molecule has 2 aliphatic heterocycles. The molecule has 0 radical (unpaired) electrons. The lowest BCUT2D eigenvalue weighted by molar-refractivity contribution is -0.131. The van der Waals surface area contributed by atoms with Crippen molar-refractivity contribution in [3.63, 3.8) is 0 Å². The van der Waals surface area contributed by atoms with E-state index in [1.807, 2.05) is 4.90 Å². The molecule has 31 heavy (non-hydrogen) atoms.